The third kappa shape index (κ3) is 3.18. The van der Waals surface area contributed by atoms with Gasteiger partial charge in [-0.15, -0.1) is 0 Å². The number of amides is 1. The largest absolute Gasteiger partial charge is 0.326 e. The van der Waals surface area contributed by atoms with Crippen LogP contribution >= 0.6 is 0 Å². The van der Waals surface area contributed by atoms with Gasteiger partial charge in [-0.1, -0.05) is 18.2 Å². The number of hydrogen-bond acceptors (Lipinski definition) is 2. The minimum atomic E-state index is -0.0260. The summed E-state index contributed by atoms with van der Waals surface area (Å²) >= 11 is 0. The lowest BCUT2D eigenvalue weighted by Crippen LogP contribution is -2.13. The summed E-state index contributed by atoms with van der Waals surface area (Å²) in [6, 6.07) is 7.86. The van der Waals surface area contributed by atoms with Crippen LogP contribution in [0.3, 0.4) is 0 Å². The maximum absolute atomic E-state index is 10.9. The van der Waals surface area contributed by atoms with Gasteiger partial charge in [0.1, 0.15) is 0 Å². The Bertz CT molecular complexity index is 310. The zero-order valence-electron chi connectivity index (χ0n) is 8.63. The Morgan fingerprint density at radius 1 is 1.36 bits per heavy atom. The van der Waals surface area contributed by atoms with Crippen LogP contribution in [0.1, 0.15) is 12.5 Å². The number of hydrogen-bond donors (Lipinski definition) is 2. The SMILES string of the molecule is CNCCc1ccccc1NC(C)=O. The number of anilines is 1. The Morgan fingerprint density at radius 3 is 2.71 bits per heavy atom. The first kappa shape index (κ1) is 10.7. The lowest BCUT2D eigenvalue weighted by atomic mass is 10.1. The van der Waals surface area contributed by atoms with E-state index in [0.29, 0.717) is 0 Å². The number of carbonyl (C=O) groups excluding carboxylic acids is 1. The molecule has 1 rings (SSSR count). The summed E-state index contributed by atoms with van der Waals surface area (Å²) in [6.45, 7) is 2.44. The molecular weight excluding hydrogens is 176 g/mol. The van der Waals surface area contributed by atoms with E-state index in [-0.39, 0.29) is 5.91 Å². The first-order valence-corrected chi connectivity index (χ1v) is 4.74. The molecule has 0 spiro atoms. The molecule has 1 amide bonds. The molecule has 3 nitrogen and oxygen atoms in total. The quantitative estimate of drug-likeness (QED) is 0.757. The van der Waals surface area contributed by atoms with Crippen molar-refractivity contribution in [2.45, 2.75) is 13.3 Å². The average molecular weight is 192 g/mol. The van der Waals surface area contributed by atoms with E-state index in [2.05, 4.69) is 10.6 Å². The molecule has 0 radical (unpaired) electrons. The molecule has 76 valence electrons. The summed E-state index contributed by atoms with van der Waals surface area (Å²) in [7, 11) is 1.92. The molecular formula is C11H16N2O. The highest BCUT2D eigenvalue weighted by molar-refractivity contribution is 5.89. The standard InChI is InChI=1S/C11H16N2O/c1-9(14)13-11-6-4-3-5-10(11)7-8-12-2/h3-6,12H,7-8H2,1-2H3,(H,13,14). The highest BCUT2D eigenvalue weighted by atomic mass is 16.1. The van der Waals surface area contributed by atoms with Crippen LogP contribution in [0.2, 0.25) is 0 Å². The van der Waals surface area contributed by atoms with Gasteiger partial charge in [0.05, 0.1) is 0 Å². The molecule has 0 heterocycles. The normalized spacial score (nSPS) is 9.86. The van der Waals surface area contributed by atoms with Crippen molar-refractivity contribution in [3.63, 3.8) is 0 Å². The first-order chi connectivity index (χ1) is 6.74. The molecule has 0 saturated heterocycles. The van der Waals surface area contributed by atoms with Gasteiger partial charge in [0.2, 0.25) is 5.91 Å². The topological polar surface area (TPSA) is 41.1 Å². The molecule has 1 aromatic carbocycles. The zero-order chi connectivity index (χ0) is 10.4. The van der Waals surface area contributed by atoms with Crippen LogP contribution in [0.5, 0.6) is 0 Å². The van der Waals surface area contributed by atoms with Crippen molar-refractivity contribution < 1.29 is 4.79 Å². The zero-order valence-corrected chi connectivity index (χ0v) is 8.63. The van der Waals surface area contributed by atoms with Crippen molar-refractivity contribution in [2.75, 3.05) is 18.9 Å². The molecule has 0 aliphatic carbocycles. The van der Waals surface area contributed by atoms with Crippen molar-refractivity contribution in [3.05, 3.63) is 29.8 Å². The van der Waals surface area contributed by atoms with Gasteiger partial charge in [-0.2, -0.15) is 0 Å². The van der Waals surface area contributed by atoms with E-state index in [1.165, 1.54) is 6.92 Å². The van der Waals surface area contributed by atoms with Gasteiger partial charge in [0.25, 0.3) is 0 Å². The number of para-hydroxylation sites is 1. The molecule has 3 heteroatoms. The van der Waals surface area contributed by atoms with Gasteiger partial charge in [0.15, 0.2) is 0 Å². The number of benzene rings is 1. The fourth-order valence-corrected chi connectivity index (χ4v) is 1.31. The minimum absolute atomic E-state index is 0.0260. The van der Waals surface area contributed by atoms with Crippen LogP contribution in [0.25, 0.3) is 0 Å². The maximum atomic E-state index is 10.9. The smallest absolute Gasteiger partial charge is 0.221 e. The van der Waals surface area contributed by atoms with E-state index >= 15 is 0 Å². The van der Waals surface area contributed by atoms with E-state index in [1.54, 1.807) is 0 Å². The van der Waals surface area contributed by atoms with Crippen molar-refractivity contribution in [1.29, 1.82) is 0 Å². The summed E-state index contributed by atoms with van der Waals surface area (Å²) in [5.74, 6) is -0.0260. The monoisotopic (exact) mass is 192 g/mol. The minimum Gasteiger partial charge on any atom is -0.326 e. The summed E-state index contributed by atoms with van der Waals surface area (Å²) in [6.07, 6.45) is 0.924. The van der Waals surface area contributed by atoms with Gasteiger partial charge >= 0.3 is 0 Å². The molecule has 0 aromatic heterocycles. The fraction of sp³-hybridized carbons (Fsp3) is 0.364. The van der Waals surface area contributed by atoms with Crippen LogP contribution < -0.4 is 10.6 Å². The molecule has 0 unspecified atom stereocenters. The molecule has 0 aliphatic heterocycles. The average Bonchev–Trinajstić information content (AvgIpc) is 2.16. The van der Waals surface area contributed by atoms with E-state index in [4.69, 9.17) is 0 Å². The van der Waals surface area contributed by atoms with Gasteiger partial charge in [-0.05, 0) is 31.6 Å². The van der Waals surface area contributed by atoms with Crippen LogP contribution in [-0.4, -0.2) is 19.5 Å². The highest BCUT2D eigenvalue weighted by Gasteiger charge is 2.01. The van der Waals surface area contributed by atoms with Gasteiger partial charge in [-0.3, -0.25) is 4.79 Å². The summed E-state index contributed by atoms with van der Waals surface area (Å²) in [4.78, 5) is 10.9. The third-order valence-electron chi connectivity index (χ3n) is 1.97. The Labute approximate surface area is 84.5 Å². The van der Waals surface area contributed by atoms with Gasteiger partial charge < -0.3 is 10.6 Å². The maximum Gasteiger partial charge on any atom is 0.221 e. The Balaban J connectivity index is 2.74. The molecule has 0 aliphatic rings. The lowest BCUT2D eigenvalue weighted by molar-refractivity contribution is -0.114. The molecule has 0 atom stereocenters. The van der Waals surface area contributed by atoms with E-state index in [1.807, 2.05) is 31.3 Å². The summed E-state index contributed by atoms with van der Waals surface area (Å²) in [5, 5.41) is 5.90. The van der Waals surface area contributed by atoms with Gasteiger partial charge in [0, 0.05) is 12.6 Å². The second kappa shape index (κ2) is 5.40. The Morgan fingerprint density at radius 2 is 2.07 bits per heavy atom. The summed E-state index contributed by atoms with van der Waals surface area (Å²) in [5.41, 5.74) is 2.08. The van der Waals surface area contributed by atoms with Crippen molar-refractivity contribution >= 4 is 11.6 Å². The van der Waals surface area contributed by atoms with E-state index in [0.717, 1.165) is 24.2 Å². The van der Waals surface area contributed by atoms with Crippen LogP contribution in [0.4, 0.5) is 5.69 Å². The fourth-order valence-electron chi connectivity index (χ4n) is 1.31. The van der Waals surface area contributed by atoms with Crippen molar-refractivity contribution in [2.24, 2.45) is 0 Å². The first-order valence-electron chi connectivity index (χ1n) is 4.74. The molecule has 0 fully saturated rings. The molecule has 0 saturated carbocycles. The highest BCUT2D eigenvalue weighted by Crippen LogP contribution is 2.14. The Kier molecular flexibility index (Phi) is 4.13. The van der Waals surface area contributed by atoms with Crippen LogP contribution in [0.15, 0.2) is 24.3 Å². The van der Waals surface area contributed by atoms with E-state index in [9.17, 15) is 4.79 Å². The van der Waals surface area contributed by atoms with Crippen LogP contribution in [-0.2, 0) is 11.2 Å². The predicted octanol–water partition coefficient (Wildman–Crippen LogP) is 1.41. The number of nitrogens with one attached hydrogen (secondary N) is 2. The second-order valence-corrected chi connectivity index (χ2v) is 3.19. The summed E-state index contributed by atoms with van der Waals surface area (Å²) < 4.78 is 0. The number of likely N-dealkylation sites (N-methyl/N-ethyl adjacent to an activating group) is 1. The molecule has 1 aromatic rings. The predicted molar refractivity (Wildman–Crippen MR) is 58.4 cm³/mol. The molecule has 14 heavy (non-hydrogen) atoms. The number of carbonyl (C=O) groups is 1. The Hall–Kier alpha value is -1.35. The van der Waals surface area contributed by atoms with Crippen molar-refractivity contribution in [3.8, 4) is 0 Å². The number of rotatable bonds is 4. The van der Waals surface area contributed by atoms with Crippen LogP contribution in [0, 0.1) is 0 Å². The molecule has 2 N–H and O–H groups in total. The lowest BCUT2D eigenvalue weighted by Gasteiger charge is -2.08. The van der Waals surface area contributed by atoms with Gasteiger partial charge in [-0.25, -0.2) is 0 Å². The third-order valence-corrected chi connectivity index (χ3v) is 1.97. The second-order valence-electron chi connectivity index (χ2n) is 3.19. The molecule has 0 bridgehead atoms. The van der Waals surface area contributed by atoms with E-state index < -0.39 is 0 Å². The van der Waals surface area contributed by atoms with Crippen molar-refractivity contribution in [1.82, 2.24) is 5.32 Å².